The zero-order valence-electron chi connectivity index (χ0n) is 11.1. The van der Waals surface area contributed by atoms with E-state index in [4.69, 9.17) is 0 Å². The van der Waals surface area contributed by atoms with E-state index < -0.39 is 0 Å². The van der Waals surface area contributed by atoms with E-state index in [9.17, 15) is 0 Å². The van der Waals surface area contributed by atoms with Crippen LogP contribution in [0.3, 0.4) is 0 Å². The van der Waals surface area contributed by atoms with Crippen LogP contribution in [0.5, 0.6) is 0 Å². The molecule has 1 rings (SSSR count). The third-order valence-electron chi connectivity index (χ3n) is 3.55. The Morgan fingerprint density at radius 3 is 2.07 bits per heavy atom. The topological polar surface area (TPSA) is 3.24 Å². The number of hydrogen-bond acceptors (Lipinski definition) is 1. The Kier molecular flexibility index (Phi) is 5.66. The highest BCUT2D eigenvalue weighted by atomic mass is 15.1. The minimum Gasteiger partial charge on any atom is -0.300 e. The number of rotatable bonds is 5. The second-order valence-electron chi connectivity index (χ2n) is 5.95. The average Bonchev–Trinajstić information content (AvgIpc) is 2.17. The van der Waals surface area contributed by atoms with Crippen LogP contribution in [0.2, 0.25) is 0 Å². The molecule has 0 aromatic carbocycles. The van der Waals surface area contributed by atoms with Crippen LogP contribution in [0.15, 0.2) is 0 Å². The summed E-state index contributed by atoms with van der Waals surface area (Å²) in [5, 5.41) is 0. The van der Waals surface area contributed by atoms with E-state index in [1.54, 1.807) is 0 Å². The molecule has 0 amide bonds. The van der Waals surface area contributed by atoms with Gasteiger partial charge in [-0.3, -0.25) is 0 Å². The maximum atomic E-state index is 2.68. The maximum absolute atomic E-state index is 2.68. The molecule has 1 saturated carbocycles. The highest BCUT2D eigenvalue weighted by molar-refractivity contribution is 4.73. The van der Waals surface area contributed by atoms with Crippen molar-refractivity contribution >= 4 is 0 Å². The first-order chi connectivity index (χ1) is 7.09. The Hall–Kier alpha value is -0.0400. The van der Waals surface area contributed by atoms with Crippen LogP contribution >= 0.6 is 0 Å². The largest absolute Gasteiger partial charge is 0.300 e. The Bertz CT molecular complexity index is 157. The fourth-order valence-electron chi connectivity index (χ4n) is 2.67. The zero-order chi connectivity index (χ0) is 11.3. The molecule has 0 radical (unpaired) electrons. The van der Waals surface area contributed by atoms with Crippen molar-refractivity contribution in [2.45, 2.75) is 65.8 Å². The summed E-state index contributed by atoms with van der Waals surface area (Å²) >= 11 is 0. The van der Waals surface area contributed by atoms with Gasteiger partial charge in [-0.1, -0.05) is 33.1 Å². The van der Waals surface area contributed by atoms with Crippen LogP contribution in [-0.4, -0.2) is 24.0 Å². The summed E-state index contributed by atoms with van der Waals surface area (Å²) in [5.41, 5.74) is 0. The standard InChI is InChI=1S/C14H29N/c1-12(2)10-15(13(3)4)11-14-8-6-5-7-9-14/h12-14H,5-11H2,1-4H3. The van der Waals surface area contributed by atoms with Gasteiger partial charge in [-0.15, -0.1) is 0 Å². The summed E-state index contributed by atoms with van der Waals surface area (Å²) < 4.78 is 0. The molecule has 0 saturated heterocycles. The first kappa shape index (κ1) is 13.0. The van der Waals surface area contributed by atoms with Gasteiger partial charge in [0.2, 0.25) is 0 Å². The monoisotopic (exact) mass is 211 g/mol. The predicted octanol–water partition coefficient (Wildman–Crippen LogP) is 3.93. The smallest absolute Gasteiger partial charge is 0.00388 e. The number of hydrogen-bond donors (Lipinski definition) is 0. The average molecular weight is 211 g/mol. The summed E-state index contributed by atoms with van der Waals surface area (Å²) in [6, 6.07) is 0.717. The van der Waals surface area contributed by atoms with Gasteiger partial charge in [0, 0.05) is 19.1 Å². The molecule has 1 aliphatic carbocycles. The first-order valence-corrected chi connectivity index (χ1v) is 6.83. The lowest BCUT2D eigenvalue weighted by Gasteiger charge is -2.33. The van der Waals surface area contributed by atoms with Gasteiger partial charge < -0.3 is 4.90 Å². The van der Waals surface area contributed by atoms with Crippen molar-refractivity contribution in [2.24, 2.45) is 11.8 Å². The van der Waals surface area contributed by atoms with Gasteiger partial charge in [-0.2, -0.15) is 0 Å². The lowest BCUT2D eigenvalue weighted by Crippen LogP contribution is -2.38. The molecule has 1 fully saturated rings. The van der Waals surface area contributed by atoms with E-state index in [1.165, 1.54) is 45.2 Å². The molecule has 0 aromatic rings. The van der Waals surface area contributed by atoms with Crippen LogP contribution < -0.4 is 0 Å². The van der Waals surface area contributed by atoms with Crippen molar-refractivity contribution < 1.29 is 0 Å². The van der Waals surface area contributed by atoms with Gasteiger partial charge in [-0.05, 0) is 38.5 Å². The summed E-state index contributed by atoms with van der Waals surface area (Å²) in [5.74, 6) is 1.79. The predicted molar refractivity (Wildman–Crippen MR) is 68.1 cm³/mol. The van der Waals surface area contributed by atoms with Crippen molar-refractivity contribution in [1.29, 1.82) is 0 Å². The van der Waals surface area contributed by atoms with Crippen molar-refractivity contribution in [3.8, 4) is 0 Å². The van der Waals surface area contributed by atoms with Crippen molar-refractivity contribution in [1.82, 2.24) is 4.90 Å². The molecular weight excluding hydrogens is 182 g/mol. The minimum atomic E-state index is 0.717. The second-order valence-corrected chi connectivity index (χ2v) is 5.95. The van der Waals surface area contributed by atoms with E-state index in [1.807, 2.05) is 0 Å². The highest BCUT2D eigenvalue weighted by Crippen LogP contribution is 2.25. The molecule has 0 aromatic heterocycles. The lowest BCUT2D eigenvalue weighted by molar-refractivity contribution is 0.150. The summed E-state index contributed by atoms with van der Waals surface area (Å²) in [6.07, 6.45) is 7.36. The summed E-state index contributed by atoms with van der Waals surface area (Å²) in [4.78, 5) is 2.68. The Morgan fingerprint density at radius 2 is 1.60 bits per heavy atom. The molecule has 0 bridgehead atoms. The van der Waals surface area contributed by atoms with Gasteiger partial charge in [0.15, 0.2) is 0 Å². The van der Waals surface area contributed by atoms with Crippen LogP contribution in [-0.2, 0) is 0 Å². The molecule has 15 heavy (non-hydrogen) atoms. The fraction of sp³-hybridized carbons (Fsp3) is 1.00. The Labute approximate surface area is 96.2 Å². The first-order valence-electron chi connectivity index (χ1n) is 6.83. The quantitative estimate of drug-likeness (QED) is 0.666. The van der Waals surface area contributed by atoms with Crippen LogP contribution in [0, 0.1) is 11.8 Å². The molecule has 0 spiro atoms. The minimum absolute atomic E-state index is 0.717. The van der Waals surface area contributed by atoms with Gasteiger partial charge in [-0.25, -0.2) is 0 Å². The lowest BCUT2D eigenvalue weighted by atomic mass is 9.88. The third kappa shape index (κ3) is 5.01. The SMILES string of the molecule is CC(C)CN(CC1CCCCC1)C(C)C. The molecule has 1 aliphatic rings. The van der Waals surface area contributed by atoms with Crippen LogP contribution in [0.1, 0.15) is 59.8 Å². The van der Waals surface area contributed by atoms with Gasteiger partial charge >= 0.3 is 0 Å². The van der Waals surface area contributed by atoms with Crippen molar-refractivity contribution in [2.75, 3.05) is 13.1 Å². The van der Waals surface area contributed by atoms with E-state index in [0.29, 0.717) is 6.04 Å². The number of nitrogens with zero attached hydrogens (tertiary/aromatic N) is 1. The summed E-state index contributed by atoms with van der Waals surface area (Å²) in [6.45, 7) is 12.0. The van der Waals surface area contributed by atoms with Crippen LogP contribution in [0.4, 0.5) is 0 Å². The molecular formula is C14H29N. The normalized spacial score (nSPS) is 19.4. The molecule has 1 nitrogen and oxygen atoms in total. The zero-order valence-corrected chi connectivity index (χ0v) is 11.1. The molecule has 0 unspecified atom stereocenters. The van der Waals surface area contributed by atoms with E-state index in [0.717, 1.165) is 11.8 Å². The maximum Gasteiger partial charge on any atom is 0.00388 e. The van der Waals surface area contributed by atoms with E-state index >= 15 is 0 Å². The molecule has 0 aliphatic heterocycles. The van der Waals surface area contributed by atoms with Gasteiger partial charge in [0.25, 0.3) is 0 Å². The summed E-state index contributed by atoms with van der Waals surface area (Å²) in [7, 11) is 0. The molecule has 0 atom stereocenters. The molecule has 0 N–H and O–H groups in total. The second kappa shape index (κ2) is 6.52. The van der Waals surface area contributed by atoms with Gasteiger partial charge in [0.05, 0.1) is 0 Å². The van der Waals surface area contributed by atoms with Crippen molar-refractivity contribution in [3.63, 3.8) is 0 Å². The van der Waals surface area contributed by atoms with E-state index in [2.05, 4.69) is 32.6 Å². The fourth-order valence-corrected chi connectivity index (χ4v) is 2.67. The third-order valence-corrected chi connectivity index (χ3v) is 3.55. The molecule has 90 valence electrons. The van der Waals surface area contributed by atoms with Gasteiger partial charge in [0.1, 0.15) is 0 Å². The van der Waals surface area contributed by atoms with E-state index in [-0.39, 0.29) is 0 Å². The Balaban J connectivity index is 2.35. The highest BCUT2D eigenvalue weighted by Gasteiger charge is 2.19. The molecule has 0 heterocycles. The Morgan fingerprint density at radius 1 is 1.00 bits per heavy atom. The van der Waals surface area contributed by atoms with Crippen LogP contribution in [0.25, 0.3) is 0 Å². The molecule has 1 heteroatoms. The van der Waals surface area contributed by atoms with Crippen molar-refractivity contribution in [3.05, 3.63) is 0 Å².